The number of benzene rings is 2. The number of nitrogens with zero attached hydrogens (tertiary/aromatic N) is 4. The second kappa shape index (κ2) is 5.87. The molecular formula is C19H13FN4O. The molecule has 0 spiro atoms. The molecule has 0 aliphatic carbocycles. The lowest BCUT2D eigenvalue weighted by Gasteiger charge is -2.21. The monoisotopic (exact) mass is 332 g/mol. The molecule has 4 rings (SSSR count). The Morgan fingerprint density at radius 3 is 2.80 bits per heavy atom. The van der Waals surface area contributed by atoms with Crippen molar-refractivity contribution in [3.63, 3.8) is 0 Å². The maximum Gasteiger partial charge on any atom is 0.330 e. The SMILES string of the molecule is N#CC1CN(c2cccc(F)c2)C(=O)N1c1cncc2ccccc12. The van der Waals surface area contributed by atoms with Crippen LogP contribution < -0.4 is 9.80 Å². The number of urea groups is 1. The molecule has 1 aliphatic rings. The van der Waals surface area contributed by atoms with E-state index in [1.54, 1.807) is 24.5 Å². The molecular weight excluding hydrogens is 319 g/mol. The number of fused-ring (bicyclic) bond motifs is 1. The van der Waals surface area contributed by atoms with E-state index >= 15 is 0 Å². The minimum Gasteiger partial charge on any atom is -0.291 e. The lowest BCUT2D eigenvalue weighted by molar-refractivity contribution is 0.255. The van der Waals surface area contributed by atoms with Crippen LogP contribution in [0.3, 0.4) is 0 Å². The summed E-state index contributed by atoms with van der Waals surface area (Å²) in [7, 11) is 0. The van der Waals surface area contributed by atoms with E-state index in [-0.39, 0.29) is 12.6 Å². The molecule has 1 unspecified atom stereocenters. The molecule has 3 aromatic rings. The van der Waals surface area contributed by atoms with Gasteiger partial charge in [-0.05, 0) is 18.2 Å². The van der Waals surface area contributed by atoms with Gasteiger partial charge in [0.25, 0.3) is 0 Å². The number of anilines is 2. The molecule has 1 fully saturated rings. The van der Waals surface area contributed by atoms with Crippen molar-refractivity contribution in [2.75, 3.05) is 16.3 Å². The van der Waals surface area contributed by atoms with Gasteiger partial charge >= 0.3 is 6.03 Å². The van der Waals surface area contributed by atoms with Crippen LogP contribution in [0.15, 0.2) is 60.9 Å². The molecule has 5 nitrogen and oxygen atoms in total. The highest BCUT2D eigenvalue weighted by Crippen LogP contribution is 2.33. The first-order chi connectivity index (χ1) is 12.2. The average molecular weight is 332 g/mol. The van der Waals surface area contributed by atoms with Crippen LogP contribution in [-0.4, -0.2) is 23.6 Å². The van der Waals surface area contributed by atoms with Gasteiger partial charge in [-0.2, -0.15) is 5.26 Å². The summed E-state index contributed by atoms with van der Waals surface area (Å²) in [4.78, 5) is 20.0. The standard InChI is InChI=1S/C19H13FN4O/c20-14-5-3-6-15(8-14)23-12-16(9-21)24(19(23)25)18-11-22-10-13-4-1-2-7-17(13)18/h1-8,10-11,16H,12H2. The van der Waals surface area contributed by atoms with Crippen LogP contribution >= 0.6 is 0 Å². The van der Waals surface area contributed by atoms with Gasteiger partial charge in [-0.15, -0.1) is 0 Å². The normalized spacial score (nSPS) is 17.1. The third-order valence-electron chi connectivity index (χ3n) is 4.28. The van der Waals surface area contributed by atoms with Crippen molar-refractivity contribution in [3.05, 3.63) is 66.7 Å². The second-order valence-electron chi connectivity index (χ2n) is 5.77. The van der Waals surface area contributed by atoms with Crippen LogP contribution in [0.2, 0.25) is 0 Å². The lowest BCUT2D eigenvalue weighted by atomic mass is 10.1. The summed E-state index contributed by atoms with van der Waals surface area (Å²) >= 11 is 0. The highest BCUT2D eigenvalue weighted by Gasteiger charge is 2.40. The molecule has 6 heteroatoms. The molecule has 0 saturated carbocycles. The molecule has 1 atom stereocenters. The number of pyridine rings is 1. The van der Waals surface area contributed by atoms with E-state index in [4.69, 9.17) is 0 Å². The molecule has 2 aromatic carbocycles. The van der Waals surface area contributed by atoms with Gasteiger partial charge in [-0.25, -0.2) is 9.18 Å². The quantitative estimate of drug-likeness (QED) is 0.719. The third kappa shape index (κ3) is 2.46. The predicted octanol–water partition coefficient (Wildman–Crippen LogP) is 3.71. The Morgan fingerprint density at radius 1 is 1.16 bits per heavy atom. The van der Waals surface area contributed by atoms with E-state index in [9.17, 15) is 14.4 Å². The van der Waals surface area contributed by atoms with Gasteiger partial charge in [0.05, 0.1) is 24.5 Å². The maximum absolute atomic E-state index is 13.5. The van der Waals surface area contributed by atoms with Crippen molar-refractivity contribution in [1.29, 1.82) is 5.26 Å². The molecule has 1 aliphatic heterocycles. The number of carbonyl (C=O) groups is 1. The van der Waals surface area contributed by atoms with Gasteiger partial charge < -0.3 is 0 Å². The van der Waals surface area contributed by atoms with Gasteiger partial charge in [-0.3, -0.25) is 14.8 Å². The Bertz CT molecular complexity index is 1010. The fourth-order valence-electron chi connectivity index (χ4n) is 3.12. The lowest BCUT2D eigenvalue weighted by Crippen LogP contribution is -2.34. The van der Waals surface area contributed by atoms with Crippen molar-refractivity contribution in [2.24, 2.45) is 0 Å². The van der Waals surface area contributed by atoms with Gasteiger partial charge in [-0.1, -0.05) is 30.3 Å². The topological polar surface area (TPSA) is 60.2 Å². The number of amides is 2. The summed E-state index contributed by atoms with van der Waals surface area (Å²) in [5, 5.41) is 11.3. The summed E-state index contributed by atoms with van der Waals surface area (Å²) in [6.45, 7) is 0.169. The van der Waals surface area contributed by atoms with Crippen molar-refractivity contribution < 1.29 is 9.18 Å². The number of aromatic nitrogens is 1. The van der Waals surface area contributed by atoms with E-state index in [0.29, 0.717) is 11.4 Å². The Hall–Kier alpha value is -3.46. The second-order valence-corrected chi connectivity index (χ2v) is 5.77. The van der Waals surface area contributed by atoms with Crippen molar-refractivity contribution in [1.82, 2.24) is 4.98 Å². The summed E-state index contributed by atoms with van der Waals surface area (Å²) in [6.07, 6.45) is 3.30. The van der Waals surface area contributed by atoms with Crippen LogP contribution in [0.4, 0.5) is 20.6 Å². The predicted molar refractivity (Wildman–Crippen MR) is 92.8 cm³/mol. The smallest absolute Gasteiger partial charge is 0.291 e. The average Bonchev–Trinajstić information content (AvgIpc) is 2.97. The highest BCUT2D eigenvalue weighted by atomic mass is 19.1. The van der Waals surface area contributed by atoms with Gasteiger partial charge in [0, 0.05) is 22.7 Å². The van der Waals surface area contributed by atoms with Crippen molar-refractivity contribution >= 4 is 28.2 Å². The van der Waals surface area contributed by atoms with Crippen LogP contribution in [0.25, 0.3) is 10.8 Å². The Labute approximate surface area is 143 Å². The number of hydrogen-bond donors (Lipinski definition) is 0. The zero-order chi connectivity index (χ0) is 17.4. The minimum absolute atomic E-state index is 0.169. The number of hydrogen-bond acceptors (Lipinski definition) is 3. The molecule has 1 saturated heterocycles. The number of rotatable bonds is 2. The molecule has 122 valence electrons. The molecule has 2 amide bonds. The fraction of sp³-hybridized carbons (Fsp3) is 0.105. The van der Waals surface area contributed by atoms with Crippen LogP contribution in [0.5, 0.6) is 0 Å². The van der Waals surface area contributed by atoms with E-state index in [1.807, 2.05) is 24.3 Å². The fourth-order valence-corrected chi connectivity index (χ4v) is 3.12. The summed E-state index contributed by atoms with van der Waals surface area (Å²) in [6, 6.07) is 14.5. The highest BCUT2D eigenvalue weighted by molar-refractivity contribution is 6.11. The summed E-state index contributed by atoms with van der Waals surface area (Å²) < 4.78 is 13.5. The van der Waals surface area contributed by atoms with Crippen molar-refractivity contribution in [3.8, 4) is 6.07 Å². The first-order valence-corrected chi connectivity index (χ1v) is 7.77. The van der Waals surface area contributed by atoms with Crippen molar-refractivity contribution in [2.45, 2.75) is 6.04 Å². The molecule has 2 heterocycles. The zero-order valence-electron chi connectivity index (χ0n) is 13.1. The Kier molecular flexibility index (Phi) is 3.55. The van der Waals surface area contributed by atoms with E-state index in [1.165, 1.54) is 21.9 Å². The largest absolute Gasteiger partial charge is 0.330 e. The van der Waals surface area contributed by atoms with E-state index in [2.05, 4.69) is 11.1 Å². The van der Waals surface area contributed by atoms with Crippen LogP contribution in [0.1, 0.15) is 0 Å². The summed E-state index contributed by atoms with van der Waals surface area (Å²) in [5.74, 6) is -0.427. The first kappa shape index (κ1) is 15.1. The van der Waals surface area contributed by atoms with Gasteiger partial charge in [0.15, 0.2) is 0 Å². The Morgan fingerprint density at radius 2 is 2.00 bits per heavy atom. The summed E-state index contributed by atoms with van der Waals surface area (Å²) in [5.41, 5.74) is 1.01. The number of halogens is 1. The zero-order valence-corrected chi connectivity index (χ0v) is 13.1. The van der Waals surface area contributed by atoms with Gasteiger partial charge in [0.2, 0.25) is 0 Å². The molecule has 0 N–H and O–H groups in total. The number of carbonyl (C=O) groups excluding carboxylic acids is 1. The molecule has 0 bridgehead atoms. The molecule has 25 heavy (non-hydrogen) atoms. The van der Waals surface area contributed by atoms with E-state index in [0.717, 1.165) is 10.8 Å². The van der Waals surface area contributed by atoms with Crippen LogP contribution in [-0.2, 0) is 0 Å². The molecule has 0 radical (unpaired) electrons. The number of nitriles is 1. The Balaban J connectivity index is 1.81. The minimum atomic E-state index is -0.677. The molecule has 1 aromatic heterocycles. The first-order valence-electron chi connectivity index (χ1n) is 7.77. The maximum atomic E-state index is 13.5. The van der Waals surface area contributed by atoms with Crippen LogP contribution in [0, 0.1) is 17.1 Å². The van der Waals surface area contributed by atoms with E-state index < -0.39 is 11.9 Å². The third-order valence-corrected chi connectivity index (χ3v) is 4.28. The van der Waals surface area contributed by atoms with Gasteiger partial charge in [0.1, 0.15) is 11.9 Å².